The van der Waals surface area contributed by atoms with Gasteiger partial charge in [-0.15, -0.1) is 0 Å². The third kappa shape index (κ3) is 13.9. The summed E-state index contributed by atoms with van der Waals surface area (Å²) in [6, 6.07) is 0. The lowest BCUT2D eigenvalue weighted by Crippen LogP contribution is -2.59. The molecule has 0 heterocycles. The van der Waals surface area contributed by atoms with Crippen LogP contribution in [0.1, 0.15) is 6.42 Å². The second-order valence-corrected chi connectivity index (χ2v) is 32.6. The Morgan fingerprint density at radius 1 is 0.400 bits per heavy atom. The van der Waals surface area contributed by atoms with Gasteiger partial charge in [-0.05, 0) is 13.0 Å². The van der Waals surface area contributed by atoms with Crippen molar-refractivity contribution in [1.82, 2.24) is 8.46 Å². The fraction of sp³-hybridized carbons (Fsp3) is 1.00. The highest BCUT2D eigenvalue weighted by Crippen LogP contribution is 2.20. The molecule has 0 unspecified atom stereocenters. The van der Waals surface area contributed by atoms with Crippen LogP contribution in [0.4, 0.5) is 0 Å². The molecule has 0 saturated heterocycles. The summed E-state index contributed by atoms with van der Waals surface area (Å²) in [6.07, 6.45) is 1.11. The van der Waals surface area contributed by atoms with Gasteiger partial charge in [-0.25, -0.2) is 0 Å². The molecule has 0 atom stereocenters. The van der Waals surface area contributed by atoms with Crippen LogP contribution in [0.15, 0.2) is 0 Å². The normalized spacial score (nSPS) is 14.2. The molecule has 0 fully saturated rings. The minimum atomic E-state index is -1.28. The van der Waals surface area contributed by atoms with Crippen LogP contribution < -0.4 is 0 Å². The number of rotatable bonds is 17. The van der Waals surface area contributed by atoms with E-state index >= 15 is 0 Å². The van der Waals surface area contributed by atoms with E-state index in [2.05, 4.69) is 87.0 Å². The van der Waals surface area contributed by atoms with Crippen LogP contribution in [-0.4, -0.2) is 94.1 Å². The molecule has 0 radical (unpaired) electrons. The van der Waals surface area contributed by atoms with Gasteiger partial charge in [0.2, 0.25) is 0 Å². The van der Waals surface area contributed by atoms with E-state index in [1.807, 2.05) is 0 Å². The molecule has 0 spiro atoms. The highest BCUT2D eigenvalue weighted by molar-refractivity contribution is 6.90. The molecular formula is C21H54N2O3Si4. The van der Waals surface area contributed by atoms with E-state index in [1.54, 1.807) is 0 Å². The molecule has 0 bridgehead atoms. The van der Waals surface area contributed by atoms with Gasteiger partial charge in [0.15, 0.2) is 0 Å². The molecule has 0 amide bonds. The molecule has 0 saturated carbocycles. The summed E-state index contributed by atoms with van der Waals surface area (Å²) in [4.78, 5) is 0. The van der Waals surface area contributed by atoms with Crippen LogP contribution in [-0.2, 0) is 14.2 Å². The van der Waals surface area contributed by atoms with Crippen LogP contribution >= 0.6 is 0 Å². The van der Waals surface area contributed by atoms with Crippen molar-refractivity contribution in [3.8, 4) is 0 Å². The average molecular weight is 495 g/mol. The predicted octanol–water partition coefficient (Wildman–Crippen LogP) is 5.37. The van der Waals surface area contributed by atoms with Crippen molar-refractivity contribution in [2.75, 3.05) is 52.7 Å². The fourth-order valence-electron chi connectivity index (χ4n) is 4.38. The molecule has 0 aliphatic heterocycles. The molecule has 0 N–H and O–H groups in total. The molecule has 0 aromatic carbocycles. The minimum Gasteiger partial charge on any atom is -0.379 e. The summed E-state index contributed by atoms with van der Waals surface area (Å²) in [5, 5.41) is 0. The van der Waals surface area contributed by atoms with Gasteiger partial charge in [-0.1, -0.05) is 78.6 Å². The number of nitrogens with zero attached hydrogens (tertiary/aromatic N) is 2. The van der Waals surface area contributed by atoms with Gasteiger partial charge in [0, 0.05) is 13.2 Å². The first-order chi connectivity index (χ1) is 13.5. The first kappa shape index (κ1) is 30.7. The second-order valence-electron chi connectivity index (χ2n) is 12.2. The van der Waals surface area contributed by atoms with Crippen LogP contribution in [0.3, 0.4) is 0 Å². The maximum Gasteiger partial charge on any atom is 0.112 e. The summed E-state index contributed by atoms with van der Waals surface area (Å²) in [5.74, 6) is 0. The van der Waals surface area contributed by atoms with Gasteiger partial charge >= 0.3 is 0 Å². The Kier molecular flexibility index (Phi) is 13.7. The first-order valence-electron chi connectivity index (χ1n) is 11.8. The van der Waals surface area contributed by atoms with Crippen molar-refractivity contribution in [3.05, 3.63) is 0 Å². The predicted molar refractivity (Wildman–Crippen MR) is 144 cm³/mol. The zero-order valence-electron chi connectivity index (χ0n) is 22.5. The van der Waals surface area contributed by atoms with Crippen LogP contribution in [0.5, 0.6) is 0 Å². The Hall–Kier alpha value is 0.668. The molecule has 0 aliphatic rings. The topological polar surface area (TPSA) is 34.2 Å². The molecule has 0 aromatic heterocycles. The van der Waals surface area contributed by atoms with E-state index in [9.17, 15) is 0 Å². The Labute approximate surface area is 193 Å². The maximum atomic E-state index is 5.83. The van der Waals surface area contributed by atoms with Crippen molar-refractivity contribution in [2.45, 2.75) is 85.0 Å². The summed E-state index contributed by atoms with van der Waals surface area (Å²) < 4.78 is 22.9. The summed E-state index contributed by atoms with van der Waals surface area (Å²) in [6.45, 7) is 35.8. The quantitative estimate of drug-likeness (QED) is 0.200. The Morgan fingerprint density at radius 3 is 1.07 bits per heavy atom. The average Bonchev–Trinajstić information content (AvgIpc) is 2.50. The molecule has 0 rings (SSSR count). The van der Waals surface area contributed by atoms with Crippen molar-refractivity contribution in [2.24, 2.45) is 0 Å². The van der Waals surface area contributed by atoms with Crippen molar-refractivity contribution >= 4 is 32.9 Å². The summed E-state index contributed by atoms with van der Waals surface area (Å²) >= 11 is 0. The lowest BCUT2D eigenvalue weighted by molar-refractivity contribution is 0.0136. The van der Waals surface area contributed by atoms with Gasteiger partial charge in [-0.3, -0.25) is 0 Å². The molecule has 0 aromatic rings. The van der Waals surface area contributed by atoms with Crippen molar-refractivity contribution < 1.29 is 14.2 Å². The standard InChI is InChI=1S/C21H54N2O3Si4/c1-27(2,3)22(28(4,5)6)14-13-16-24-18-20-26-21-19-25-17-15-23(29(7,8)9)30(10,11)12/h13-21H2,1-12H3. The van der Waals surface area contributed by atoms with Crippen LogP contribution in [0.2, 0.25) is 78.6 Å². The van der Waals surface area contributed by atoms with Crippen LogP contribution in [0.25, 0.3) is 0 Å². The van der Waals surface area contributed by atoms with E-state index in [-0.39, 0.29) is 0 Å². The molecule has 9 heteroatoms. The van der Waals surface area contributed by atoms with E-state index in [4.69, 9.17) is 14.2 Å². The first-order valence-corrected chi connectivity index (χ1v) is 25.5. The van der Waals surface area contributed by atoms with Gasteiger partial charge in [0.1, 0.15) is 32.9 Å². The third-order valence-corrected chi connectivity index (χ3v) is 20.5. The molecular weight excluding hydrogens is 441 g/mol. The van der Waals surface area contributed by atoms with E-state index in [0.717, 1.165) is 26.2 Å². The highest BCUT2D eigenvalue weighted by Gasteiger charge is 2.34. The molecule has 5 nitrogen and oxygen atoms in total. The molecule has 182 valence electrons. The van der Waals surface area contributed by atoms with Gasteiger partial charge in [0.25, 0.3) is 0 Å². The number of hydrogen-bond acceptors (Lipinski definition) is 5. The third-order valence-electron chi connectivity index (χ3n) is 5.11. The number of ether oxygens (including phenoxy) is 3. The SMILES string of the molecule is C[Si](C)(C)N(CCCOCCOCCOCCN([Si](C)(C)C)[Si](C)(C)C)[Si](C)(C)C. The van der Waals surface area contributed by atoms with Gasteiger partial charge in [-0.2, -0.15) is 0 Å². The zero-order chi connectivity index (χ0) is 23.6. The van der Waals surface area contributed by atoms with Gasteiger partial charge < -0.3 is 22.7 Å². The Balaban J connectivity index is 3.78. The van der Waals surface area contributed by atoms with Crippen molar-refractivity contribution in [3.63, 3.8) is 0 Å². The van der Waals surface area contributed by atoms with E-state index in [0.29, 0.717) is 26.4 Å². The Bertz CT molecular complexity index is 385. The van der Waals surface area contributed by atoms with E-state index in [1.165, 1.54) is 6.54 Å². The lowest BCUT2D eigenvalue weighted by Gasteiger charge is -2.43. The molecule has 30 heavy (non-hydrogen) atoms. The molecule has 0 aliphatic carbocycles. The summed E-state index contributed by atoms with van der Waals surface area (Å²) in [7, 11) is -5.05. The summed E-state index contributed by atoms with van der Waals surface area (Å²) in [5.41, 5.74) is 0. The van der Waals surface area contributed by atoms with Crippen LogP contribution in [0, 0.1) is 0 Å². The second kappa shape index (κ2) is 13.4. The fourth-order valence-corrected chi connectivity index (χ4v) is 23.7. The lowest BCUT2D eigenvalue weighted by atomic mass is 10.5. The number of hydrogen-bond donors (Lipinski definition) is 0. The highest BCUT2D eigenvalue weighted by atomic mass is 28.4. The maximum absolute atomic E-state index is 5.83. The van der Waals surface area contributed by atoms with Crippen molar-refractivity contribution in [1.29, 1.82) is 0 Å². The monoisotopic (exact) mass is 494 g/mol. The van der Waals surface area contributed by atoms with E-state index < -0.39 is 32.9 Å². The zero-order valence-corrected chi connectivity index (χ0v) is 26.5. The Morgan fingerprint density at radius 2 is 0.700 bits per heavy atom. The smallest absolute Gasteiger partial charge is 0.112 e. The minimum absolute atomic E-state index is 0.655. The largest absolute Gasteiger partial charge is 0.379 e. The van der Waals surface area contributed by atoms with Gasteiger partial charge in [0.05, 0.1) is 33.0 Å².